The van der Waals surface area contributed by atoms with Gasteiger partial charge in [0.1, 0.15) is 11.8 Å². The summed E-state index contributed by atoms with van der Waals surface area (Å²) in [6, 6.07) is 20.2. The van der Waals surface area contributed by atoms with Crippen LogP contribution >= 0.6 is 0 Å². The minimum atomic E-state index is 0.359. The first kappa shape index (κ1) is 17.1. The topological polar surface area (TPSA) is 67.0 Å². The van der Waals surface area contributed by atoms with Crippen molar-refractivity contribution < 1.29 is 4.74 Å². The first-order chi connectivity index (χ1) is 13.3. The van der Waals surface area contributed by atoms with Crippen LogP contribution in [0.25, 0.3) is 5.69 Å². The Labute approximate surface area is 158 Å². The zero-order valence-corrected chi connectivity index (χ0v) is 15.2. The molecule has 6 heteroatoms. The monoisotopic (exact) mass is 359 g/mol. The number of hydrogen-bond acceptors (Lipinski definition) is 5. The molecule has 2 aromatic carbocycles. The summed E-state index contributed by atoms with van der Waals surface area (Å²) in [5.41, 5.74) is 2.50. The van der Waals surface area contributed by atoms with E-state index in [9.17, 15) is 5.26 Å². The summed E-state index contributed by atoms with van der Waals surface area (Å²) < 4.78 is 5.47. The van der Waals surface area contributed by atoms with E-state index in [2.05, 4.69) is 45.4 Å². The van der Waals surface area contributed by atoms with Crippen LogP contribution in [0.1, 0.15) is 30.5 Å². The lowest BCUT2D eigenvalue weighted by Crippen LogP contribution is -2.20. The molecule has 6 nitrogen and oxygen atoms in total. The Morgan fingerprint density at radius 2 is 1.89 bits per heavy atom. The third kappa shape index (κ3) is 3.49. The van der Waals surface area contributed by atoms with Crippen LogP contribution in [0.15, 0.2) is 54.6 Å². The van der Waals surface area contributed by atoms with Crippen LogP contribution in [-0.2, 0) is 0 Å². The Morgan fingerprint density at radius 1 is 1.11 bits per heavy atom. The summed E-state index contributed by atoms with van der Waals surface area (Å²) in [5.74, 6) is 1.91. The smallest absolute Gasteiger partial charge is 0.207 e. The molecule has 0 N–H and O–H groups in total. The van der Waals surface area contributed by atoms with E-state index in [1.54, 1.807) is 0 Å². The Balaban J connectivity index is 1.56. The first-order valence-electron chi connectivity index (χ1n) is 9.19. The molecular formula is C21H21N5O. The summed E-state index contributed by atoms with van der Waals surface area (Å²) in [6.45, 7) is 4.30. The minimum absolute atomic E-state index is 0.359. The third-order valence-electron chi connectivity index (χ3n) is 4.84. The lowest BCUT2D eigenvalue weighted by Gasteiger charge is -2.15. The molecule has 0 unspecified atom stereocenters. The second-order valence-electron chi connectivity index (χ2n) is 6.54. The number of benzene rings is 2. The zero-order chi connectivity index (χ0) is 18.6. The van der Waals surface area contributed by atoms with E-state index in [1.807, 2.05) is 37.3 Å². The molecule has 1 atom stereocenters. The van der Waals surface area contributed by atoms with Gasteiger partial charge in [-0.15, -0.1) is 15.0 Å². The van der Waals surface area contributed by atoms with Crippen LogP contribution in [0, 0.1) is 11.3 Å². The highest BCUT2D eigenvalue weighted by Crippen LogP contribution is 2.31. The highest BCUT2D eigenvalue weighted by molar-refractivity contribution is 5.52. The summed E-state index contributed by atoms with van der Waals surface area (Å²) in [6.07, 6.45) is 1.05. The van der Waals surface area contributed by atoms with Crippen LogP contribution in [0.4, 0.5) is 5.82 Å². The molecule has 136 valence electrons. The van der Waals surface area contributed by atoms with Gasteiger partial charge in [-0.3, -0.25) is 0 Å². The first-order valence-corrected chi connectivity index (χ1v) is 9.19. The van der Waals surface area contributed by atoms with Gasteiger partial charge in [-0.1, -0.05) is 30.3 Å². The Morgan fingerprint density at radius 3 is 2.59 bits per heavy atom. The van der Waals surface area contributed by atoms with Gasteiger partial charge in [0.05, 0.1) is 12.3 Å². The molecule has 0 aliphatic carbocycles. The molecule has 0 amide bonds. The highest BCUT2D eigenvalue weighted by atomic mass is 16.5. The number of aromatic nitrogens is 3. The number of hydrogen-bond donors (Lipinski definition) is 0. The van der Waals surface area contributed by atoms with Gasteiger partial charge in [0.15, 0.2) is 5.82 Å². The fourth-order valence-corrected chi connectivity index (χ4v) is 3.49. The van der Waals surface area contributed by atoms with E-state index in [0.717, 1.165) is 30.9 Å². The van der Waals surface area contributed by atoms with Gasteiger partial charge in [-0.05, 0) is 43.2 Å². The van der Waals surface area contributed by atoms with Crippen molar-refractivity contribution in [1.82, 2.24) is 15.0 Å². The second kappa shape index (κ2) is 7.50. The van der Waals surface area contributed by atoms with Crippen molar-refractivity contribution in [3.63, 3.8) is 0 Å². The van der Waals surface area contributed by atoms with Gasteiger partial charge >= 0.3 is 0 Å². The average Bonchev–Trinajstić information content (AvgIpc) is 3.36. The average molecular weight is 359 g/mol. The number of nitriles is 1. The van der Waals surface area contributed by atoms with E-state index in [0.29, 0.717) is 24.0 Å². The van der Waals surface area contributed by atoms with Crippen molar-refractivity contribution in [2.24, 2.45) is 0 Å². The van der Waals surface area contributed by atoms with Gasteiger partial charge in [0, 0.05) is 19.0 Å². The van der Waals surface area contributed by atoms with E-state index < -0.39 is 0 Å². The fourth-order valence-electron chi connectivity index (χ4n) is 3.49. The number of anilines is 1. The van der Waals surface area contributed by atoms with E-state index in [4.69, 9.17) is 4.74 Å². The number of rotatable bonds is 5. The molecule has 27 heavy (non-hydrogen) atoms. The molecule has 1 fully saturated rings. The van der Waals surface area contributed by atoms with Gasteiger partial charge in [-0.2, -0.15) is 5.26 Å². The maximum atomic E-state index is 9.52. The van der Waals surface area contributed by atoms with Gasteiger partial charge in [0.25, 0.3) is 0 Å². The molecule has 2 heterocycles. The highest BCUT2D eigenvalue weighted by Gasteiger charge is 2.28. The van der Waals surface area contributed by atoms with Crippen LogP contribution in [0.2, 0.25) is 0 Å². The molecule has 0 saturated carbocycles. The van der Waals surface area contributed by atoms with Gasteiger partial charge in [0.2, 0.25) is 5.69 Å². The molecule has 1 aliphatic rings. The Kier molecular flexibility index (Phi) is 4.75. The molecule has 3 aromatic rings. The largest absolute Gasteiger partial charge is 0.494 e. The maximum Gasteiger partial charge on any atom is 0.207 e. The van der Waals surface area contributed by atoms with E-state index in [1.165, 1.54) is 10.4 Å². The zero-order valence-electron chi connectivity index (χ0n) is 15.2. The van der Waals surface area contributed by atoms with Crippen LogP contribution in [0.3, 0.4) is 0 Å². The standard InChI is InChI=1S/C21H21N5O/c1-2-27-19-10-8-18(9-11-19)26-23-20(14-22)21(24-26)25-13-12-17(15-25)16-6-4-3-5-7-16/h3-11,17H,2,12-13,15H2,1H3/t17-/m1/s1. The molecule has 1 aliphatic heterocycles. The van der Waals surface area contributed by atoms with Crippen LogP contribution < -0.4 is 9.64 Å². The summed E-state index contributed by atoms with van der Waals surface area (Å²) in [5, 5.41) is 18.5. The van der Waals surface area contributed by atoms with Crippen molar-refractivity contribution in [2.45, 2.75) is 19.3 Å². The normalized spacial score (nSPS) is 16.3. The summed E-state index contributed by atoms with van der Waals surface area (Å²) in [4.78, 5) is 3.69. The molecule has 4 rings (SSSR count). The number of ether oxygens (including phenoxy) is 1. The molecular weight excluding hydrogens is 338 g/mol. The minimum Gasteiger partial charge on any atom is -0.494 e. The Bertz CT molecular complexity index is 943. The molecule has 1 saturated heterocycles. The summed E-state index contributed by atoms with van der Waals surface area (Å²) >= 11 is 0. The van der Waals surface area contributed by atoms with Crippen molar-refractivity contribution >= 4 is 5.82 Å². The van der Waals surface area contributed by atoms with Gasteiger partial charge in [-0.25, -0.2) is 0 Å². The van der Waals surface area contributed by atoms with Crippen LogP contribution in [-0.4, -0.2) is 34.7 Å². The van der Waals surface area contributed by atoms with Crippen LogP contribution in [0.5, 0.6) is 5.75 Å². The third-order valence-corrected chi connectivity index (χ3v) is 4.84. The second-order valence-corrected chi connectivity index (χ2v) is 6.54. The predicted octanol–water partition coefficient (Wildman–Crippen LogP) is 3.53. The number of nitrogens with zero attached hydrogens (tertiary/aromatic N) is 5. The quantitative estimate of drug-likeness (QED) is 0.697. The van der Waals surface area contributed by atoms with Crippen molar-refractivity contribution in [3.8, 4) is 17.5 Å². The Hall–Kier alpha value is -3.33. The van der Waals surface area contributed by atoms with E-state index in [-0.39, 0.29) is 0 Å². The molecule has 0 spiro atoms. The molecule has 0 bridgehead atoms. The van der Waals surface area contributed by atoms with Crippen molar-refractivity contribution in [1.29, 1.82) is 5.26 Å². The maximum absolute atomic E-state index is 9.52. The molecule has 1 aromatic heterocycles. The fraction of sp³-hybridized carbons (Fsp3) is 0.286. The molecule has 0 radical (unpaired) electrons. The van der Waals surface area contributed by atoms with Crippen molar-refractivity contribution in [2.75, 3.05) is 24.6 Å². The predicted molar refractivity (Wildman–Crippen MR) is 103 cm³/mol. The lowest BCUT2D eigenvalue weighted by molar-refractivity contribution is 0.340. The van der Waals surface area contributed by atoms with E-state index >= 15 is 0 Å². The SMILES string of the molecule is CCOc1ccc(-n2nc(C#N)c(N3CC[C@@H](c4ccccc4)C3)n2)cc1. The van der Waals surface area contributed by atoms with Gasteiger partial charge < -0.3 is 9.64 Å². The van der Waals surface area contributed by atoms with Crippen molar-refractivity contribution in [3.05, 3.63) is 65.9 Å². The summed E-state index contributed by atoms with van der Waals surface area (Å²) in [7, 11) is 0. The lowest BCUT2D eigenvalue weighted by atomic mass is 9.99.